The van der Waals surface area contributed by atoms with Gasteiger partial charge in [0.25, 0.3) is 0 Å². The molecule has 2 N–H and O–H groups in total. The van der Waals surface area contributed by atoms with Gasteiger partial charge in [-0.25, -0.2) is 4.39 Å². The van der Waals surface area contributed by atoms with Crippen molar-refractivity contribution < 1.29 is 13.9 Å². The van der Waals surface area contributed by atoms with Crippen LogP contribution in [0.2, 0.25) is 0 Å². The number of benzene rings is 2. The third kappa shape index (κ3) is 3.70. The predicted octanol–water partition coefficient (Wildman–Crippen LogP) is 3.44. The molecule has 0 spiro atoms. The zero-order valence-electron chi connectivity index (χ0n) is 11.6. The summed E-state index contributed by atoms with van der Waals surface area (Å²) in [4.78, 5) is 0.0315. The average molecular weight is 305 g/mol. The van der Waals surface area contributed by atoms with Gasteiger partial charge in [0.15, 0.2) is 11.5 Å². The molecule has 2 aromatic carbocycles. The van der Waals surface area contributed by atoms with Crippen molar-refractivity contribution in [2.45, 2.75) is 13.5 Å². The van der Waals surface area contributed by atoms with E-state index >= 15 is 0 Å². The van der Waals surface area contributed by atoms with Crippen LogP contribution in [0.3, 0.4) is 0 Å². The molecule has 5 heteroatoms. The summed E-state index contributed by atoms with van der Waals surface area (Å²) in [6, 6.07) is 12.2. The summed E-state index contributed by atoms with van der Waals surface area (Å²) in [6.45, 7) is 2.50. The fourth-order valence-electron chi connectivity index (χ4n) is 1.88. The average Bonchev–Trinajstić information content (AvgIpc) is 2.47. The second-order valence-corrected chi connectivity index (χ2v) is 4.75. The lowest BCUT2D eigenvalue weighted by Crippen LogP contribution is -2.13. The maximum absolute atomic E-state index is 14.2. The van der Waals surface area contributed by atoms with E-state index in [4.69, 9.17) is 27.4 Å². The van der Waals surface area contributed by atoms with E-state index in [9.17, 15) is 4.39 Å². The summed E-state index contributed by atoms with van der Waals surface area (Å²) in [5, 5.41) is 0. The maximum atomic E-state index is 14.2. The highest BCUT2D eigenvalue weighted by molar-refractivity contribution is 7.80. The van der Waals surface area contributed by atoms with Gasteiger partial charge in [0.2, 0.25) is 0 Å². The molecule has 0 radical (unpaired) electrons. The van der Waals surface area contributed by atoms with Crippen molar-refractivity contribution in [2.75, 3.05) is 6.61 Å². The van der Waals surface area contributed by atoms with Crippen LogP contribution in [0.1, 0.15) is 18.1 Å². The van der Waals surface area contributed by atoms with Crippen molar-refractivity contribution in [2.24, 2.45) is 5.73 Å². The smallest absolute Gasteiger partial charge is 0.161 e. The van der Waals surface area contributed by atoms with Gasteiger partial charge in [-0.2, -0.15) is 0 Å². The Morgan fingerprint density at radius 1 is 1.10 bits per heavy atom. The SMILES string of the molecule is CCOc1ccccc1OCc1cccc(C(N)=S)c1F. The molecule has 0 atom stereocenters. The Labute approximate surface area is 128 Å². The molecule has 0 saturated carbocycles. The minimum absolute atomic E-state index is 0.0315. The van der Waals surface area contributed by atoms with Crippen LogP contribution in [0.25, 0.3) is 0 Å². The molecule has 0 amide bonds. The first kappa shape index (κ1) is 15.3. The Kier molecular flexibility index (Phi) is 5.11. The van der Waals surface area contributed by atoms with Crippen LogP contribution < -0.4 is 15.2 Å². The van der Waals surface area contributed by atoms with Gasteiger partial charge >= 0.3 is 0 Å². The Morgan fingerprint density at radius 2 is 1.76 bits per heavy atom. The number of nitrogens with two attached hydrogens (primary N) is 1. The van der Waals surface area contributed by atoms with Crippen molar-refractivity contribution in [1.29, 1.82) is 0 Å². The van der Waals surface area contributed by atoms with Gasteiger partial charge in [0, 0.05) is 11.1 Å². The van der Waals surface area contributed by atoms with E-state index in [1.54, 1.807) is 30.3 Å². The lowest BCUT2D eigenvalue weighted by Gasteiger charge is -2.12. The molecule has 2 aromatic rings. The van der Waals surface area contributed by atoms with Crippen LogP contribution in [0.15, 0.2) is 42.5 Å². The van der Waals surface area contributed by atoms with E-state index in [0.29, 0.717) is 23.7 Å². The minimum Gasteiger partial charge on any atom is -0.490 e. The second kappa shape index (κ2) is 7.04. The van der Waals surface area contributed by atoms with Crippen LogP contribution in [-0.2, 0) is 6.61 Å². The standard InChI is InChI=1S/C16H16FNO2S/c1-2-19-13-8-3-4-9-14(13)20-10-11-6-5-7-12(15(11)17)16(18)21/h3-9H,2,10H2,1H3,(H2,18,21). The summed E-state index contributed by atoms with van der Waals surface area (Å²) in [7, 11) is 0. The summed E-state index contributed by atoms with van der Waals surface area (Å²) in [5.74, 6) is 0.754. The van der Waals surface area contributed by atoms with Crippen LogP contribution in [0.4, 0.5) is 4.39 Å². The predicted molar refractivity (Wildman–Crippen MR) is 84.2 cm³/mol. The quantitative estimate of drug-likeness (QED) is 0.830. The number of halogens is 1. The molecule has 0 saturated heterocycles. The summed E-state index contributed by atoms with van der Waals surface area (Å²) >= 11 is 4.82. The first-order chi connectivity index (χ1) is 10.1. The molecule has 3 nitrogen and oxygen atoms in total. The van der Waals surface area contributed by atoms with Crippen molar-refractivity contribution in [1.82, 2.24) is 0 Å². The molecule has 2 rings (SSSR count). The van der Waals surface area contributed by atoms with E-state index in [-0.39, 0.29) is 17.2 Å². The monoisotopic (exact) mass is 305 g/mol. The van der Waals surface area contributed by atoms with Gasteiger partial charge in [0.1, 0.15) is 17.4 Å². The lowest BCUT2D eigenvalue weighted by atomic mass is 10.1. The second-order valence-electron chi connectivity index (χ2n) is 4.31. The van der Waals surface area contributed by atoms with Gasteiger partial charge in [-0.15, -0.1) is 0 Å². The third-order valence-electron chi connectivity index (χ3n) is 2.88. The van der Waals surface area contributed by atoms with Crippen LogP contribution >= 0.6 is 12.2 Å². The number of para-hydroxylation sites is 2. The maximum Gasteiger partial charge on any atom is 0.161 e. The summed E-state index contributed by atoms with van der Waals surface area (Å²) in [5.41, 5.74) is 6.11. The number of hydrogen-bond donors (Lipinski definition) is 1. The third-order valence-corrected chi connectivity index (χ3v) is 3.10. The topological polar surface area (TPSA) is 44.5 Å². The lowest BCUT2D eigenvalue weighted by molar-refractivity contribution is 0.266. The van der Waals surface area contributed by atoms with Crippen molar-refractivity contribution in [3.05, 3.63) is 59.4 Å². The summed E-state index contributed by atoms with van der Waals surface area (Å²) < 4.78 is 25.3. The highest BCUT2D eigenvalue weighted by atomic mass is 32.1. The number of hydrogen-bond acceptors (Lipinski definition) is 3. The molecular formula is C16H16FNO2S. The molecule has 0 aliphatic heterocycles. The van der Waals surface area contributed by atoms with E-state index in [1.807, 2.05) is 19.1 Å². The van der Waals surface area contributed by atoms with Crippen LogP contribution in [0.5, 0.6) is 11.5 Å². The molecule has 0 aliphatic carbocycles. The minimum atomic E-state index is -0.445. The van der Waals surface area contributed by atoms with Crippen molar-refractivity contribution in [3.63, 3.8) is 0 Å². The fraction of sp³-hybridized carbons (Fsp3) is 0.188. The highest BCUT2D eigenvalue weighted by Gasteiger charge is 2.11. The molecule has 0 aromatic heterocycles. The molecule has 0 unspecified atom stereocenters. The largest absolute Gasteiger partial charge is 0.490 e. The van der Waals surface area contributed by atoms with Crippen LogP contribution in [-0.4, -0.2) is 11.6 Å². The van der Waals surface area contributed by atoms with E-state index in [1.165, 1.54) is 0 Å². The molecular weight excluding hydrogens is 289 g/mol. The Balaban J connectivity index is 2.17. The Morgan fingerprint density at radius 3 is 2.38 bits per heavy atom. The normalized spacial score (nSPS) is 10.2. The molecule has 110 valence electrons. The van der Waals surface area contributed by atoms with Crippen molar-refractivity contribution in [3.8, 4) is 11.5 Å². The fourth-order valence-corrected chi connectivity index (χ4v) is 2.04. The van der Waals surface area contributed by atoms with Gasteiger partial charge in [-0.3, -0.25) is 0 Å². The highest BCUT2D eigenvalue weighted by Crippen LogP contribution is 2.27. The Hall–Kier alpha value is -2.14. The van der Waals surface area contributed by atoms with Gasteiger partial charge in [0.05, 0.1) is 6.61 Å². The van der Waals surface area contributed by atoms with Gasteiger partial charge in [-0.05, 0) is 25.1 Å². The Bertz CT molecular complexity index is 646. The number of thiocarbonyl (C=S) groups is 1. The van der Waals surface area contributed by atoms with Crippen LogP contribution in [0, 0.1) is 5.82 Å². The van der Waals surface area contributed by atoms with Gasteiger partial charge < -0.3 is 15.2 Å². The first-order valence-corrected chi connectivity index (χ1v) is 6.96. The first-order valence-electron chi connectivity index (χ1n) is 6.55. The van der Waals surface area contributed by atoms with Gasteiger partial charge in [-0.1, -0.05) is 36.5 Å². The van der Waals surface area contributed by atoms with E-state index in [0.717, 1.165) is 0 Å². The molecule has 0 heterocycles. The molecule has 0 aliphatic rings. The number of ether oxygens (including phenoxy) is 2. The van der Waals surface area contributed by atoms with E-state index < -0.39 is 5.82 Å². The van der Waals surface area contributed by atoms with E-state index in [2.05, 4.69) is 0 Å². The zero-order valence-corrected chi connectivity index (χ0v) is 12.5. The summed E-state index contributed by atoms with van der Waals surface area (Å²) in [6.07, 6.45) is 0. The number of rotatable bonds is 6. The molecule has 0 fully saturated rings. The van der Waals surface area contributed by atoms with Crippen molar-refractivity contribution >= 4 is 17.2 Å². The molecule has 0 bridgehead atoms. The zero-order chi connectivity index (χ0) is 15.2. The molecule has 21 heavy (non-hydrogen) atoms.